The molecule has 0 heterocycles. The van der Waals surface area contributed by atoms with Crippen LogP contribution in [-0.2, 0) is 14.3 Å². The maximum atomic E-state index is 11.8. The highest BCUT2D eigenvalue weighted by atomic mass is 16.5. The van der Waals surface area contributed by atoms with Gasteiger partial charge < -0.3 is 4.74 Å². The maximum absolute atomic E-state index is 11.8. The zero-order chi connectivity index (χ0) is 21.5. The lowest BCUT2D eigenvalue weighted by Crippen LogP contribution is -2.26. The van der Waals surface area contributed by atoms with Crippen molar-refractivity contribution >= 4 is 11.8 Å². The third-order valence-corrected chi connectivity index (χ3v) is 5.61. The van der Waals surface area contributed by atoms with Gasteiger partial charge in [0.2, 0.25) is 0 Å². The number of hydrogen-bond donors (Lipinski definition) is 0. The highest BCUT2D eigenvalue weighted by Gasteiger charge is 2.28. The second-order valence-electron chi connectivity index (χ2n) is 9.23. The van der Waals surface area contributed by atoms with E-state index in [9.17, 15) is 9.59 Å². The molecule has 28 heavy (non-hydrogen) atoms. The smallest absolute Gasteiger partial charge is 0.311 e. The summed E-state index contributed by atoms with van der Waals surface area (Å²) in [5.74, 6) is 6.79. The summed E-state index contributed by atoms with van der Waals surface area (Å²) in [6, 6.07) is 0. The molecule has 0 rings (SSSR count). The minimum Gasteiger partial charge on any atom is -0.466 e. The molecule has 3 heteroatoms. The Hall–Kier alpha value is -1.30. The molecule has 0 spiro atoms. The normalized spacial score (nSPS) is 11.6. The molecule has 0 aromatic heterocycles. The van der Waals surface area contributed by atoms with Crippen molar-refractivity contribution in [2.24, 2.45) is 10.8 Å². The van der Waals surface area contributed by atoms with E-state index < -0.39 is 0 Å². The number of esters is 1. The van der Waals surface area contributed by atoms with Gasteiger partial charge in [-0.15, -0.1) is 11.8 Å². The second kappa shape index (κ2) is 14.7. The van der Waals surface area contributed by atoms with Gasteiger partial charge >= 0.3 is 5.97 Å². The van der Waals surface area contributed by atoms with Crippen LogP contribution >= 0.6 is 0 Å². The zero-order valence-corrected chi connectivity index (χ0v) is 19.4. The number of hydrogen-bond acceptors (Lipinski definition) is 3. The van der Waals surface area contributed by atoms with Gasteiger partial charge in [0.1, 0.15) is 5.78 Å². The van der Waals surface area contributed by atoms with Crippen LogP contribution in [0.2, 0.25) is 0 Å². The molecule has 0 unspecified atom stereocenters. The largest absolute Gasteiger partial charge is 0.466 e. The Bertz CT molecular complexity index is 506. The predicted octanol–water partition coefficient (Wildman–Crippen LogP) is 6.88. The molecule has 0 aliphatic rings. The lowest BCUT2D eigenvalue weighted by Gasteiger charge is -2.21. The first-order valence-electron chi connectivity index (χ1n) is 11.3. The first kappa shape index (κ1) is 26.7. The summed E-state index contributed by atoms with van der Waals surface area (Å²) in [7, 11) is 0. The van der Waals surface area contributed by atoms with Crippen LogP contribution in [0.3, 0.4) is 0 Å². The molecule has 0 bridgehead atoms. The third kappa shape index (κ3) is 13.0. The van der Waals surface area contributed by atoms with E-state index in [1.165, 1.54) is 19.3 Å². The van der Waals surface area contributed by atoms with E-state index in [-0.39, 0.29) is 16.8 Å². The lowest BCUT2D eigenvalue weighted by molar-refractivity contribution is -0.153. The van der Waals surface area contributed by atoms with E-state index in [1.807, 2.05) is 34.6 Å². The van der Waals surface area contributed by atoms with Crippen molar-refractivity contribution in [1.82, 2.24) is 0 Å². The number of Topliss-reactive ketones (excluding diaryl/α,β-unsaturated/α-hetero) is 1. The minimum absolute atomic E-state index is 0.0802. The monoisotopic (exact) mass is 392 g/mol. The molecule has 0 atom stereocenters. The van der Waals surface area contributed by atoms with Crippen molar-refractivity contribution in [3.05, 3.63) is 0 Å². The quantitative estimate of drug-likeness (QED) is 0.173. The molecule has 0 aromatic rings. The summed E-state index contributed by atoms with van der Waals surface area (Å²) >= 11 is 0. The van der Waals surface area contributed by atoms with Crippen molar-refractivity contribution in [2.45, 2.75) is 119 Å². The van der Waals surface area contributed by atoms with E-state index in [1.54, 1.807) is 6.92 Å². The summed E-state index contributed by atoms with van der Waals surface area (Å²) in [5, 5.41) is 0. The van der Waals surface area contributed by atoms with Crippen LogP contribution in [0.15, 0.2) is 0 Å². The van der Waals surface area contributed by atoms with Crippen molar-refractivity contribution in [3.8, 4) is 11.8 Å². The molecular weight excluding hydrogens is 348 g/mol. The van der Waals surface area contributed by atoms with Crippen LogP contribution in [0.4, 0.5) is 0 Å². The minimum atomic E-state index is -0.363. The van der Waals surface area contributed by atoms with Crippen LogP contribution in [0.5, 0.6) is 0 Å². The number of rotatable bonds is 15. The fraction of sp³-hybridized carbons (Fsp3) is 0.840. The average Bonchev–Trinajstić information content (AvgIpc) is 2.61. The molecule has 162 valence electrons. The topological polar surface area (TPSA) is 43.4 Å². The van der Waals surface area contributed by atoms with E-state index in [0.717, 1.165) is 57.8 Å². The van der Waals surface area contributed by atoms with Gasteiger partial charge in [0.15, 0.2) is 0 Å². The maximum Gasteiger partial charge on any atom is 0.311 e. The number of carbonyl (C=O) groups is 2. The fourth-order valence-electron chi connectivity index (χ4n) is 3.05. The van der Waals surface area contributed by atoms with Gasteiger partial charge in [0, 0.05) is 18.3 Å². The number of ketones is 1. The van der Waals surface area contributed by atoms with Gasteiger partial charge in [-0.3, -0.25) is 9.59 Å². The number of carbonyl (C=O) groups excluding carboxylic acids is 2. The summed E-state index contributed by atoms with van der Waals surface area (Å²) in [6.07, 6.45) is 13.1. The molecule has 0 saturated heterocycles. The van der Waals surface area contributed by atoms with Crippen LogP contribution in [-0.4, -0.2) is 18.4 Å². The summed E-state index contributed by atoms with van der Waals surface area (Å²) in [4.78, 5) is 23.3. The van der Waals surface area contributed by atoms with Crippen LogP contribution < -0.4 is 0 Å². The van der Waals surface area contributed by atoms with Crippen molar-refractivity contribution in [2.75, 3.05) is 6.61 Å². The van der Waals surface area contributed by atoms with Crippen molar-refractivity contribution < 1.29 is 14.3 Å². The molecule has 0 radical (unpaired) electrons. The third-order valence-electron chi connectivity index (χ3n) is 5.61. The van der Waals surface area contributed by atoms with Crippen LogP contribution in [0.1, 0.15) is 119 Å². The van der Waals surface area contributed by atoms with E-state index in [0.29, 0.717) is 12.4 Å². The molecule has 0 aliphatic carbocycles. The SMILES string of the molecule is CCOC(=O)C(C)(C)CCCCCCC#CCCCCCCC(C)(C)C(C)=O. The van der Waals surface area contributed by atoms with Crippen molar-refractivity contribution in [1.29, 1.82) is 0 Å². The molecule has 0 amide bonds. The van der Waals surface area contributed by atoms with Gasteiger partial charge in [-0.25, -0.2) is 0 Å². The molecule has 0 saturated carbocycles. The average molecular weight is 393 g/mol. The Morgan fingerprint density at radius 3 is 1.57 bits per heavy atom. The molecule has 0 N–H and O–H groups in total. The summed E-state index contributed by atoms with van der Waals surface area (Å²) < 4.78 is 5.12. The van der Waals surface area contributed by atoms with E-state index in [4.69, 9.17) is 4.74 Å². The Labute approximate surface area is 174 Å². The van der Waals surface area contributed by atoms with Gasteiger partial charge in [0.05, 0.1) is 12.0 Å². The Kier molecular flexibility index (Phi) is 14.0. The van der Waals surface area contributed by atoms with Gasteiger partial charge in [-0.05, 0) is 53.4 Å². The lowest BCUT2D eigenvalue weighted by atomic mass is 9.83. The van der Waals surface area contributed by atoms with E-state index >= 15 is 0 Å². The second-order valence-corrected chi connectivity index (χ2v) is 9.23. The standard InChI is InChI=1S/C25H44O3/c1-7-28-23(27)25(5,6)21-19-17-15-13-11-9-8-10-12-14-16-18-20-24(3,4)22(2)26/h7,10-21H2,1-6H3. The Balaban J connectivity index is 3.56. The zero-order valence-electron chi connectivity index (χ0n) is 19.4. The fourth-order valence-corrected chi connectivity index (χ4v) is 3.05. The predicted molar refractivity (Wildman–Crippen MR) is 118 cm³/mol. The Morgan fingerprint density at radius 2 is 1.14 bits per heavy atom. The summed E-state index contributed by atoms with van der Waals surface area (Å²) in [5.41, 5.74) is -0.522. The molecule has 0 aliphatic heterocycles. The van der Waals surface area contributed by atoms with Gasteiger partial charge in [0.25, 0.3) is 0 Å². The molecule has 0 fully saturated rings. The number of unbranched alkanes of at least 4 members (excludes halogenated alkanes) is 8. The van der Waals surface area contributed by atoms with Crippen LogP contribution in [0.25, 0.3) is 0 Å². The molecule has 3 nitrogen and oxygen atoms in total. The summed E-state index contributed by atoms with van der Waals surface area (Å²) in [6.45, 7) is 12.0. The van der Waals surface area contributed by atoms with Gasteiger partial charge in [-0.2, -0.15) is 0 Å². The highest BCUT2D eigenvalue weighted by molar-refractivity contribution is 5.81. The van der Waals surface area contributed by atoms with Crippen LogP contribution in [0, 0.1) is 22.7 Å². The Morgan fingerprint density at radius 1 is 0.714 bits per heavy atom. The van der Waals surface area contributed by atoms with Gasteiger partial charge in [-0.1, -0.05) is 52.4 Å². The first-order valence-corrected chi connectivity index (χ1v) is 11.3. The van der Waals surface area contributed by atoms with E-state index in [2.05, 4.69) is 11.8 Å². The molecule has 0 aromatic carbocycles. The molecular formula is C25H44O3. The van der Waals surface area contributed by atoms with Crippen molar-refractivity contribution in [3.63, 3.8) is 0 Å². The number of ether oxygens (including phenoxy) is 1. The first-order chi connectivity index (χ1) is 13.1. The highest BCUT2D eigenvalue weighted by Crippen LogP contribution is 2.26.